The molecule has 0 spiro atoms. The van der Waals surface area contributed by atoms with Crippen molar-refractivity contribution in [3.8, 4) is 11.5 Å². The van der Waals surface area contributed by atoms with Gasteiger partial charge in [-0.15, -0.1) is 11.5 Å². The van der Waals surface area contributed by atoms with Crippen LogP contribution in [0.2, 0.25) is 13.1 Å². The summed E-state index contributed by atoms with van der Waals surface area (Å²) in [6, 6.07) is 0. The molecule has 0 aromatic heterocycles. The van der Waals surface area contributed by atoms with Gasteiger partial charge in [-0.25, -0.2) is 0 Å². The Balaban J connectivity index is 3.38. The summed E-state index contributed by atoms with van der Waals surface area (Å²) in [5.74, 6) is 3.94. The summed E-state index contributed by atoms with van der Waals surface area (Å²) in [6.45, 7) is 8.92. The van der Waals surface area contributed by atoms with Crippen LogP contribution in [-0.4, -0.2) is 8.80 Å². The summed E-state index contributed by atoms with van der Waals surface area (Å²) in [5, 5.41) is 0. The molecular formula is C8H16Si. The van der Waals surface area contributed by atoms with E-state index in [-0.39, 0.29) is 0 Å². The van der Waals surface area contributed by atoms with E-state index in [4.69, 9.17) is 0 Å². The molecule has 0 aliphatic heterocycles. The van der Waals surface area contributed by atoms with E-state index in [9.17, 15) is 0 Å². The summed E-state index contributed by atoms with van der Waals surface area (Å²) in [4.78, 5) is 0. The van der Waals surface area contributed by atoms with Gasteiger partial charge in [0.2, 0.25) is 0 Å². The van der Waals surface area contributed by atoms with E-state index in [1.165, 1.54) is 0 Å². The van der Waals surface area contributed by atoms with Crippen molar-refractivity contribution in [1.29, 1.82) is 0 Å². The summed E-state index contributed by atoms with van der Waals surface area (Å²) in [7, 11) is -0.591. The van der Waals surface area contributed by atoms with E-state index in [1.54, 1.807) is 0 Å². The minimum absolute atomic E-state index is 0.591. The molecule has 0 unspecified atom stereocenters. The van der Waals surface area contributed by atoms with E-state index in [1.807, 2.05) is 0 Å². The monoisotopic (exact) mass is 140 g/mol. The average Bonchev–Trinajstić information content (AvgIpc) is 1.63. The molecule has 0 atom stereocenters. The van der Waals surface area contributed by atoms with Crippen molar-refractivity contribution in [3.63, 3.8) is 0 Å². The zero-order valence-corrected chi connectivity index (χ0v) is 8.02. The van der Waals surface area contributed by atoms with Crippen molar-refractivity contribution in [3.05, 3.63) is 0 Å². The second-order valence-corrected chi connectivity index (χ2v) is 5.67. The lowest BCUT2D eigenvalue weighted by Gasteiger charge is -1.93. The first-order chi connectivity index (χ1) is 4.13. The Morgan fingerprint density at radius 3 is 2.22 bits per heavy atom. The molecule has 0 heterocycles. The summed E-state index contributed by atoms with van der Waals surface area (Å²) in [5.41, 5.74) is 3.27. The quantitative estimate of drug-likeness (QED) is 0.386. The summed E-state index contributed by atoms with van der Waals surface area (Å²) < 4.78 is 0. The van der Waals surface area contributed by atoms with Gasteiger partial charge >= 0.3 is 0 Å². The van der Waals surface area contributed by atoms with Crippen molar-refractivity contribution in [1.82, 2.24) is 0 Å². The Hall–Kier alpha value is -0.223. The molecule has 0 fully saturated rings. The molecule has 1 heteroatoms. The topological polar surface area (TPSA) is 0 Å². The van der Waals surface area contributed by atoms with Crippen LogP contribution in [-0.2, 0) is 0 Å². The van der Waals surface area contributed by atoms with Crippen LogP contribution in [0, 0.1) is 17.4 Å². The van der Waals surface area contributed by atoms with E-state index in [0.717, 1.165) is 12.3 Å². The van der Waals surface area contributed by atoms with Gasteiger partial charge in [0.15, 0.2) is 0 Å². The second-order valence-electron chi connectivity index (χ2n) is 3.07. The first kappa shape index (κ1) is 8.78. The maximum Gasteiger partial charge on any atom is 0.116 e. The van der Waals surface area contributed by atoms with Crippen molar-refractivity contribution in [2.45, 2.75) is 33.4 Å². The fraction of sp³-hybridized carbons (Fsp3) is 0.750. The molecule has 0 amide bonds. The lowest BCUT2D eigenvalue weighted by Crippen LogP contribution is -1.93. The largest absolute Gasteiger partial charge is 0.136 e. The van der Waals surface area contributed by atoms with E-state index >= 15 is 0 Å². The first-order valence-corrected chi connectivity index (χ1v) is 6.50. The molecule has 0 nitrogen and oxygen atoms in total. The third kappa shape index (κ3) is 7.78. The minimum atomic E-state index is -0.591. The molecule has 0 aliphatic rings. The highest BCUT2D eigenvalue weighted by Gasteiger charge is 1.87. The van der Waals surface area contributed by atoms with Crippen molar-refractivity contribution in [2.75, 3.05) is 0 Å². The standard InChI is InChI=1S/C8H16Si/c1-8(2)6-5-7-9(3)4/h8-9H,6H2,1-4H3. The first-order valence-electron chi connectivity index (χ1n) is 3.61. The molecule has 0 saturated heterocycles. The molecule has 9 heavy (non-hydrogen) atoms. The summed E-state index contributed by atoms with van der Waals surface area (Å²) in [6.07, 6.45) is 1.07. The minimum Gasteiger partial charge on any atom is -0.136 e. The molecule has 0 N–H and O–H groups in total. The van der Waals surface area contributed by atoms with Gasteiger partial charge in [-0.05, 0) is 5.92 Å². The van der Waals surface area contributed by atoms with Gasteiger partial charge < -0.3 is 0 Å². The lowest BCUT2D eigenvalue weighted by molar-refractivity contribution is 0.676. The molecule has 0 bridgehead atoms. The van der Waals surface area contributed by atoms with Crippen LogP contribution < -0.4 is 0 Å². The predicted octanol–water partition coefficient (Wildman–Crippen LogP) is 2.06. The zero-order chi connectivity index (χ0) is 7.28. The van der Waals surface area contributed by atoms with Crippen LogP contribution >= 0.6 is 0 Å². The Bertz CT molecular complexity index is 114. The molecule has 0 aliphatic carbocycles. The second kappa shape index (κ2) is 4.64. The van der Waals surface area contributed by atoms with E-state index in [2.05, 4.69) is 38.4 Å². The van der Waals surface area contributed by atoms with Gasteiger partial charge in [0, 0.05) is 6.42 Å². The lowest BCUT2D eigenvalue weighted by atomic mass is 10.1. The van der Waals surface area contributed by atoms with Gasteiger partial charge in [-0.1, -0.05) is 26.9 Å². The third-order valence-electron chi connectivity index (χ3n) is 0.901. The normalized spacial score (nSPS) is 9.56. The highest BCUT2D eigenvalue weighted by molar-refractivity contribution is 6.64. The Labute approximate surface area is 60.3 Å². The van der Waals surface area contributed by atoms with E-state index in [0.29, 0.717) is 0 Å². The van der Waals surface area contributed by atoms with Gasteiger partial charge in [-0.3, -0.25) is 0 Å². The van der Waals surface area contributed by atoms with Crippen LogP contribution in [0.15, 0.2) is 0 Å². The number of rotatable bonds is 1. The van der Waals surface area contributed by atoms with Crippen molar-refractivity contribution < 1.29 is 0 Å². The molecule has 0 aromatic rings. The van der Waals surface area contributed by atoms with Gasteiger partial charge in [0.05, 0.1) is 0 Å². The molecule has 0 radical (unpaired) electrons. The summed E-state index contributed by atoms with van der Waals surface area (Å²) >= 11 is 0. The van der Waals surface area contributed by atoms with Crippen LogP contribution in [0.5, 0.6) is 0 Å². The Kier molecular flexibility index (Phi) is 4.52. The maximum absolute atomic E-state index is 3.27. The predicted molar refractivity (Wildman–Crippen MR) is 46.1 cm³/mol. The van der Waals surface area contributed by atoms with Gasteiger partial charge in [0.1, 0.15) is 8.80 Å². The van der Waals surface area contributed by atoms with E-state index < -0.39 is 8.80 Å². The fourth-order valence-electron chi connectivity index (χ4n) is 0.467. The van der Waals surface area contributed by atoms with Crippen LogP contribution in [0.25, 0.3) is 0 Å². The Morgan fingerprint density at radius 2 is 1.89 bits per heavy atom. The van der Waals surface area contributed by atoms with Crippen LogP contribution in [0.3, 0.4) is 0 Å². The average molecular weight is 140 g/mol. The van der Waals surface area contributed by atoms with Crippen molar-refractivity contribution >= 4 is 8.80 Å². The highest BCUT2D eigenvalue weighted by atomic mass is 28.3. The molecule has 52 valence electrons. The third-order valence-corrected chi connectivity index (χ3v) is 1.68. The van der Waals surface area contributed by atoms with Gasteiger partial charge in [-0.2, -0.15) is 0 Å². The van der Waals surface area contributed by atoms with Crippen LogP contribution in [0.4, 0.5) is 0 Å². The Morgan fingerprint density at radius 1 is 1.33 bits per heavy atom. The van der Waals surface area contributed by atoms with Crippen molar-refractivity contribution in [2.24, 2.45) is 5.92 Å². The number of hydrogen-bond acceptors (Lipinski definition) is 0. The smallest absolute Gasteiger partial charge is 0.116 e. The molecular weight excluding hydrogens is 124 g/mol. The number of hydrogen-bond donors (Lipinski definition) is 0. The highest BCUT2D eigenvalue weighted by Crippen LogP contribution is 1.95. The molecule has 0 aromatic carbocycles. The molecule has 0 rings (SSSR count). The van der Waals surface area contributed by atoms with Gasteiger partial charge in [0.25, 0.3) is 0 Å². The van der Waals surface area contributed by atoms with Crippen LogP contribution in [0.1, 0.15) is 20.3 Å². The maximum atomic E-state index is 3.27. The zero-order valence-electron chi connectivity index (χ0n) is 6.86. The fourth-order valence-corrected chi connectivity index (χ4v) is 0.993. The SMILES string of the molecule is CC(C)CC#C[SiH](C)C. The molecule has 0 saturated carbocycles.